The number of benzene rings is 2. The summed E-state index contributed by atoms with van der Waals surface area (Å²) in [6.07, 6.45) is 1.71. The first-order chi connectivity index (χ1) is 13.7. The highest BCUT2D eigenvalue weighted by atomic mass is 16.5. The lowest BCUT2D eigenvalue weighted by Crippen LogP contribution is -2.08. The van der Waals surface area contributed by atoms with Gasteiger partial charge in [0.25, 0.3) is 0 Å². The van der Waals surface area contributed by atoms with Crippen molar-refractivity contribution in [1.29, 1.82) is 0 Å². The Kier molecular flexibility index (Phi) is 4.84. The van der Waals surface area contributed by atoms with Crippen LogP contribution in [0, 0.1) is 0 Å². The molecule has 4 rings (SSSR count). The molecule has 4 N–H and O–H groups in total. The van der Waals surface area contributed by atoms with Crippen LogP contribution in [-0.2, 0) is 6.42 Å². The number of aromatic amines is 1. The Labute approximate surface area is 162 Å². The fraction of sp³-hybridized carbons (Fsp3) is 0.250. The van der Waals surface area contributed by atoms with Crippen molar-refractivity contribution >= 4 is 33.7 Å². The number of para-hydroxylation sites is 2. The lowest BCUT2D eigenvalue weighted by molar-refractivity contribution is 0.356. The van der Waals surface area contributed by atoms with Crippen LogP contribution in [0.15, 0.2) is 36.4 Å². The molecule has 0 spiro atoms. The number of nitrogens with zero attached hydrogens (tertiary/aromatic N) is 3. The third kappa shape index (κ3) is 3.48. The zero-order valence-electron chi connectivity index (χ0n) is 15.8. The molecule has 0 fully saturated rings. The standard InChI is InChI=1S/C20H22N6O2/c1-27-16-10-12-15(11-17(16)28-2)25-20(26-19(12)21)22-9-5-8-18-23-13-6-3-4-7-14(13)24-18/h3-4,6-7,10-11H,5,8-9H2,1-2H3,(H,23,24)(H3,21,22,25,26). The lowest BCUT2D eigenvalue weighted by Gasteiger charge is -2.11. The molecule has 0 saturated heterocycles. The van der Waals surface area contributed by atoms with E-state index in [1.807, 2.05) is 24.3 Å². The predicted molar refractivity (Wildman–Crippen MR) is 110 cm³/mol. The van der Waals surface area contributed by atoms with Crippen LogP contribution in [0.5, 0.6) is 11.5 Å². The fourth-order valence-electron chi connectivity index (χ4n) is 3.14. The van der Waals surface area contributed by atoms with Gasteiger partial charge in [-0.2, -0.15) is 4.98 Å². The van der Waals surface area contributed by atoms with Gasteiger partial charge in [0, 0.05) is 24.4 Å². The second-order valence-corrected chi connectivity index (χ2v) is 6.39. The van der Waals surface area contributed by atoms with Crippen LogP contribution >= 0.6 is 0 Å². The van der Waals surface area contributed by atoms with E-state index >= 15 is 0 Å². The number of rotatable bonds is 7. The first kappa shape index (κ1) is 17.8. The summed E-state index contributed by atoms with van der Waals surface area (Å²) in [5.41, 5.74) is 8.85. The summed E-state index contributed by atoms with van der Waals surface area (Å²) < 4.78 is 10.7. The van der Waals surface area contributed by atoms with Gasteiger partial charge in [0.05, 0.1) is 30.8 Å². The molecule has 0 aliphatic heterocycles. The Balaban J connectivity index is 1.44. The van der Waals surface area contributed by atoms with E-state index in [2.05, 4.69) is 25.3 Å². The number of H-pyrrole nitrogens is 1. The molecule has 0 bridgehead atoms. The number of fused-ring (bicyclic) bond motifs is 2. The third-order valence-corrected chi connectivity index (χ3v) is 4.54. The number of ether oxygens (including phenoxy) is 2. The van der Waals surface area contributed by atoms with E-state index in [-0.39, 0.29) is 0 Å². The summed E-state index contributed by atoms with van der Waals surface area (Å²) in [5.74, 6) is 3.05. The number of aromatic nitrogens is 4. The Morgan fingerprint density at radius 2 is 1.79 bits per heavy atom. The highest BCUT2D eigenvalue weighted by Crippen LogP contribution is 2.33. The van der Waals surface area contributed by atoms with Gasteiger partial charge in [0.2, 0.25) is 5.95 Å². The summed E-state index contributed by atoms with van der Waals surface area (Å²) in [5, 5.41) is 3.96. The molecular formula is C20H22N6O2. The molecular weight excluding hydrogens is 356 g/mol. The summed E-state index contributed by atoms with van der Waals surface area (Å²) >= 11 is 0. The molecule has 0 radical (unpaired) electrons. The molecule has 0 atom stereocenters. The third-order valence-electron chi connectivity index (χ3n) is 4.54. The maximum absolute atomic E-state index is 6.11. The van der Waals surface area contributed by atoms with E-state index in [9.17, 15) is 0 Å². The Morgan fingerprint density at radius 1 is 1.00 bits per heavy atom. The van der Waals surface area contributed by atoms with Crippen LogP contribution in [0.2, 0.25) is 0 Å². The zero-order chi connectivity index (χ0) is 19.5. The second-order valence-electron chi connectivity index (χ2n) is 6.39. The van der Waals surface area contributed by atoms with Gasteiger partial charge in [-0.3, -0.25) is 0 Å². The van der Waals surface area contributed by atoms with Gasteiger partial charge in [-0.15, -0.1) is 0 Å². The topological polar surface area (TPSA) is 111 Å². The van der Waals surface area contributed by atoms with E-state index < -0.39 is 0 Å². The minimum atomic E-state index is 0.394. The molecule has 0 aliphatic rings. The first-order valence-electron chi connectivity index (χ1n) is 9.04. The quantitative estimate of drug-likeness (QED) is 0.424. The monoisotopic (exact) mass is 378 g/mol. The number of hydrogen-bond donors (Lipinski definition) is 3. The lowest BCUT2D eigenvalue weighted by atomic mass is 10.2. The van der Waals surface area contributed by atoms with Crippen molar-refractivity contribution in [1.82, 2.24) is 19.9 Å². The van der Waals surface area contributed by atoms with Gasteiger partial charge in [-0.05, 0) is 24.6 Å². The van der Waals surface area contributed by atoms with Crippen molar-refractivity contribution < 1.29 is 9.47 Å². The maximum Gasteiger partial charge on any atom is 0.225 e. The van der Waals surface area contributed by atoms with Gasteiger partial charge in [0.15, 0.2) is 11.5 Å². The van der Waals surface area contributed by atoms with Crippen LogP contribution in [0.4, 0.5) is 11.8 Å². The van der Waals surface area contributed by atoms with Crippen LogP contribution < -0.4 is 20.5 Å². The van der Waals surface area contributed by atoms with Gasteiger partial charge in [0.1, 0.15) is 11.6 Å². The number of nitrogens with one attached hydrogen (secondary N) is 2. The van der Waals surface area contributed by atoms with E-state index in [0.29, 0.717) is 35.3 Å². The summed E-state index contributed by atoms with van der Waals surface area (Å²) in [7, 11) is 3.17. The fourth-order valence-corrected chi connectivity index (χ4v) is 3.14. The van der Waals surface area contributed by atoms with Crippen LogP contribution in [-0.4, -0.2) is 40.7 Å². The molecule has 0 saturated carbocycles. The van der Waals surface area contributed by atoms with E-state index in [4.69, 9.17) is 15.2 Å². The van der Waals surface area contributed by atoms with Crippen LogP contribution in [0.25, 0.3) is 21.9 Å². The first-order valence-corrected chi connectivity index (χ1v) is 9.04. The van der Waals surface area contributed by atoms with Crippen molar-refractivity contribution in [3.63, 3.8) is 0 Å². The number of hydrogen-bond acceptors (Lipinski definition) is 7. The van der Waals surface area contributed by atoms with Gasteiger partial charge >= 0.3 is 0 Å². The summed E-state index contributed by atoms with van der Waals surface area (Å²) in [6, 6.07) is 11.6. The van der Waals surface area contributed by atoms with Gasteiger partial charge < -0.3 is 25.5 Å². The average molecular weight is 378 g/mol. The number of anilines is 2. The summed E-state index contributed by atoms with van der Waals surface area (Å²) in [6.45, 7) is 0.704. The normalized spacial score (nSPS) is 11.1. The second kappa shape index (κ2) is 7.59. The zero-order valence-corrected chi connectivity index (χ0v) is 15.8. The van der Waals surface area contributed by atoms with Crippen molar-refractivity contribution in [2.75, 3.05) is 31.8 Å². The average Bonchev–Trinajstić information content (AvgIpc) is 3.13. The smallest absolute Gasteiger partial charge is 0.225 e. The molecule has 2 heterocycles. The summed E-state index contributed by atoms with van der Waals surface area (Å²) in [4.78, 5) is 16.8. The van der Waals surface area contributed by atoms with Crippen molar-refractivity contribution in [3.05, 3.63) is 42.2 Å². The number of nitrogen functional groups attached to an aromatic ring is 1. The van der Waals surface area contributed by atoms with Crippen molar-refractivity contribution in [2.45, 2.75) is 12.8 Å². The molecule has 2 aromatic heterocycles. The highest BCUT2D eigenvalue weighted by molar-refractivity contribution is 5.91. The number of aryl methyl sites for hydroxylation is 1. The molecule has 0 amide bonds. The molecule has 144 valence electrons. The minimum absolute atomic E-state index is 0.394. The predicted octanol–water partition coefficient (Wildman–Crippen LogP) is 3.15. The Morgan fingerprint density at radius 3 is 2.57 bits per heavy atom. The van der Waals surface area contributed by atoms with Crippen LogP contribution in [0.3, 0.4) is 0 Å². The van der Waals surface area contributed by atoms with E-state index in [1.165, 1.54) is 0 Å². The van der Waals surface area contributed by atoms with Crippen molar-refractivity contribution in [2.24, 2.45) is 0 Å². The Bertz CT molecular complexity index is 1090. The molecule has 8 nitrogen and oxygen atoms in total. The largest absolute Gasteiger partial charge is 0.493 e. The van der Waals surface area contributed by atoms with Crippen LogP contribution in [0.1, 0.15) is 12.2 Å². The SMILES string of the molecule is COc1cc2nc(NCCCc3nc4ccccc4[nH]3)nc(N)c2cc1OC. The molecule has 0 aliphatic carbocycles. The van der Waals surface area contributed by atoms with E-state index in [0.717, 1.165) is 35.1 Å². The van der Waals surface area contributed by atoms with Crippen molar-refractivity contribution in [3.8, 4) is 11.5 Å². The molecule has 8 heteroatoms. The molecule has 28 heavy (non-hydrogen) atoms. The minimum Gasteiger partial charge on any atom is -0.493 e. The number of methoxy groups -OCH3 is 2. The molecule has 4 aromatic rings. The number of imidazole rings is 1. The molecule has 0 unspecified atom stereocenters. The number of nitrogens with two attached hydrogens (primary N) is 1. The molecule has 2 aromatic carbocycles. The van der Waals surface area contributed by atoms with Gasteiger partial charge in [-0.1, -0.05) is 12.1 Å². The van der Waals surface area contributed by atoms with E-state index in [1.54, 1.807) is 26.4 Å². The Hall–Kier alpha value is -3.55. The van der Waals surface area contributed by atoms with Gasteiger partial charge in [-0.25, -0.2) is 9.97 Å². The maximum atomic E-state index is 6.11. The highest BCUT2D eigenvalue weighted by Gasteiger charge is 2.11.